The zero-order chi connectivity index (χ0) is 14.5. The topological polar surface area (TPSA) is 75.4 Å². The Morgan fingerprint density at radius 3 is 2.85 bits per heavy atom. The molecule has 1 aliphatic rings. The molecule has 0 amide bonds. The summed E-state index contributed by atoms with van der Waals surface area (Å²) in [5.41, 5.74) is 0.540. The molecule has 6 heteroatoms. The standard InChI is InChI=1S/C14H19ClN2O3/c15-12-5-3-6-13(17(19)20)11(12)9-16-8-10-4-1-2-7-14(10)18/h3,5-6,10,14,16,18H,1-2,4,7-9H2. The predicted octanol–water partition coefficient (Wildman–Crippen LogP) is 2.89. The fourth-order valence-corrected chi connectivity index (χ4v) is 2.94. The first-order valence-corrected chi connectivity index (χ1v) is 7.28. The molecular formula is C14H19ClN2O3. The number of nitrogens with one attached hydrogen (secondary N) is 1. The van der Waals surface area contributed by atoms with Crippen LogP contribution in [0.2, 0.25) is 5.02 Å². The van der Waals surface area contributed by atoms with Gasteiger partial charge in [0, 0.05) is 19.2 Å². The van der Waals surface area contributed by atoms with Gasteiger partial charge >= 0.3 is 0 Å². The number of benzene rings is 1. The van der Waals surface area contributed by atoms with Crippen LogP contribution in [0.5, 0.6) is 0 Å². The molecule has 5 nitrogen and oxygen atoms in total. The van der Waals surface area contributed by atoms with Crippen molar-refractivity contribution >= 4 is 17.3 Å². The van der Waals surface area contributed by atoms with Crippen LogP contribution in [-0.4, -0.2) is 22.7 Å². The molecule has 1 aromatic rings. The van der Waals surface area contributed by atoms with Gasteiger partial charge in [-0.2, -0.15) is 0 Å². The van der Waals surface area contributed by atoms with Crippen LogP contribution < -0.4 is 5.32 Å². The van der Waals surface area contributed by atoms with E-state index in [1.807, 2.05) is 0 Å². The van der Waals surface area contributed by atoms with Crippen molar-refractivity contribution < 1.29 is 10.0 Å². The highest BCUT2D eigenvalue weighted by Crippen LogP contribution is 2.27. The molecule has 2 N–H and O–H groups in total. The molecule has 0 spiro atoms. The quantitative estimate of drug-likeness (QED) is 0.647. The molecule has 20 heavy (non-hydrogen) atoms. The Labute approximate surface area is 123 Å². The van der Waals surface area contributed by atoms with Gasteiger partial charge in [-0.15, -0.1) is 0 Å². The van der Waals surface area contributed by atoms with E-state index in [0.29, 0.717) is 23.7 Å². The highest BCUT2D eigenvalue weighted by atomic mass is 35.5. The van der Waals surface area contributed by atoms with E-state index in [9.17, 15) is 15.2 Å². The molecule has 0 saturated heterocycles. The average Bonchev–Trinajstić information content (AvgIpc) is 2.42. The summed E-state index contributed by atoms with van der Waals surface area (Å²) < 4.78 is 0. The average molecular weight is 299 g/mol. The maximum atomic E-state index is 11.0. The second-order valence-corrected chi connectivity index (χ2v) is 5.64. The van der Waals surface area contributed by atoms with Crippen molar-refractivity contribution in [1.29, 1.82) is 0 Å². The molecule has 2 unspecified atom stereocenters. The summed E-state index contributed by atoms with van der Waals surface area (Å²) in [6.07, 6.45) is 3.79. The van der Waals surface area contributed by atoms with Crippen LogP contribution >= 0.6 is 11.6 Å². The minimum atomic E-state index is -0.418. The van der Waals surface area contributed by atoms with Crippen molar-refractivity contribution in [3.05, 3.63) is 38.9 Å². The first-order chi connectivity index (χ1) is 9.59. The molecule has 110 valence electrons. The SMILES string of the molecule is O=[N+]([O-])c1cccc(Cl)c1CNCC1CCCCC1O. The third-order valence-electron chi connectivity index (χ3n) is 3.87. The summed E-state index contributed by atoms with van der Waals surface area (Å²) in [5, 5.41) is 24.4. The van der Waals surface area contributed by atoms with E-state index in [2.05, 4.69) is 5.32 Å². The fraction of sp³-hybridized carbons (Fsp3) is 0.571. The van der Waals surface area contributed by atoms with Crippen LogP contribution in [-0.2, 0) is 6.54 Å². The summed E-state index contributed by atoms with van der Waals surface area (Å²) in [4.78, 5) is 10.6. The van der Waals surface area contributed by atoms with Crippen LogP contribution in [0.4, 0.5) is 5.69 Å². The first kappa shape index (κ1) is 15.2. The van der Waals surface area contributed by atoms with Crippen molar-refractivity contribution in [2.24, 2.45) is 5.92 Å². The minimum absolute atomic E-state index is 0.0363. The third-order valence-corrected chi connectivity index (χ3v) is 4.22. The molecule has 1 fully saturated rings. The Hall–Kier alpha value is -1.17. The fourth-order valence-electron chi connectivity index (χ4n) is 2.70. The number of nitro groups is 1. The zero-order valence-electron chi connectivity index (χ0n) is 11.2. The highest BCUT2D eigenvalue weighted by molar-refractivity contribution is 6.31. The van der Waals surface area contributed by atoms with E-state index in [-0.39, 0.29) is 17.7 Å². The van der Waals surface area contributed by atoms with Crippen molar-refractivity contribution in [2.75, 3.05) is 6.54 Å². The maximum Gasteiger partial charge on any atom is 0.275 e. The van der Waals surface area contributed by atoms with E-state index in [1.165, 1.54) is 6.07 Å². The third kappa shape index (κ3) is 3.69. The highest BCUT2D eigenvalue weighted by Gasteiger charge is 2.23. The van der Waals surface area contributed by atoms with E-state index in [1.54, 1.807) is 12.1 Å². The molecule has 0 bridgehead atoms. The number of aliphatic hydroxyl groups is 1. The molecule has 2 atom stereocenters. The lowest BCUT2D eigenvalue weighted by atomic mass is 9.86. The second kappa shape index (κ2) is 7.02. The Morgan fingerprint density at radius 1 is 1.40 bits per heavy atom. The Kier molecular flexibility index (Phi) is 5.34. The Morgan fingerprint density at radius 2 is 2.15 bits per heavy atom. The van der Waals surface area contributed by atoms with Crippen LogP contribution in [0.15, 0.2) is 18.2 Å². The molecule has 1 aliphatic carbocycles. The molecule has 0 heterocycles. The van der Waals surface area contributed by atoms with Crippen LogP contribution in [0.3, 0.4) is 0 Å². The molecule has 0 radical (unpaired) electrons. The first-order valence-electron chi connectivity index (χ1n) is 6.90. The van der Waals surface area contributed by atoms with Crippen LogP contribution in [0, 0.1) is 16.0 Å². The molecule has 0 aliphatic heterocycles. The van der Waals surface area contributed by atoms with Gasteiger partial charge in [0.25, 0.3) is 5.69 Å². The largest absolute Gasteiger partial charge is 0.393 e. The predicted molar refractivity (Wildman–Crippen MR) is 77.8 cm³/mol. The molecule has 0 aromatic heterocycles. The summed E-state index contributed by atoms with van der Waals surface area (Å²) in [7, 11) is 0. The van der Waals surface area contributed by atoms with Gasteiger partial charge < -0.3 is 10.4 Å². The summed E-state index contributed by atoms with van der Waals surface area (Å²) in [6, 6.07) is 4.69. The summed E-state index contributed by atoms with van der Waals surface area (Å²) in [5.74, 6) is 0.227. The van der Waals surface area contributed by atoms with E-state index < -0.39 is 4.92 Å². The Bertz CT molecular complexity index is 481. The minimum Gasteiger partial charge on any atom is -0.393 e. The van der Waals surface area contributed by atoms with Crippen molar-refractivity contribution in [1.82, 2.24) is 5.32 Å². The molecule has 1 saturated carbocycles. The van der Waals surface area contributed by atoms with Gasteiger partial charge in [-0.05, 0) is 24.8 Å². The molecule has 1 aromatic carbocycles. The lowest BCUT2D eigenvalue weighted by Crippen LogP contribution is -2.33. The molecular weight excluding hydrogens is 280 g/mol. The van der Waals surface area contributed by atoms with Crippen molar-refractivity contribution in [3.8, 4) is 0 Å². The number of hydrogen-bond donors (Lipinski definition) is 2. The van der Waals surface area contributed by atoms with Crippen LogP contribution in [0.25, 0.3) is 0 Å². The van der Waals surface area contributed by atoms with Gasteiger partial charge in [0.1, 0.15) is 0 Å². The van der Waals surface area contributed by atoms with Gasteiger partial charge in [-0.1, -0.05) is 30.5 Å². The normalized spacial score (nSPS) is 22.7. The maximum absolute atomic E-state index is 11.0. The smallest absolute Gasteiger partial charge is 0.275 e. The van der Waals surface area contributed by atoms with Gasteiger partial charge in [0.05, 0.1) is 21.6 Å². The van der Waals surface area contributed by atoms with E-state index >= 15 is 0 Å². The lowest BCUT2D eigenvalue weighted by Gasteiger charge is -2.27. The summed E-state index contributed by atoms with van der Waals surface area (Å²) in [6.45, 7) is 1.00. The monoisotopic (exact) mass is 298 g/mol. The summed E-state index contributed by atoms with van der Waals surface area (Å²) >= 11 is 6.03. The molecule has 2 rings (SSSR count). The van der Waals surface area contributed by atoms with E-state index in [4.69, 9.17) is 11.6 Å². The van der Waals surface area contributed by atoms with Crippen molar-refractivity contribution in [2.45, 2.75) is 38.3 Å². The second-order valence-electron chi connectivity index (χ2n) is 5.24. The number of nitrogens with zero attached hydrogens (tertiary/aromatic N) is 1. The van der Waals surface area contributed by atoms with Gasteiger partial charge in [-0.25, -0.2) is 0 Å². The number of halogens is 1. The van der Waals surface area contributed by atoms with Gasteiger partial charge in [-0.3, -0.25) is 10.1 Å². The number of nitro benzene ring substituents is 1. The zero-order valence-corrected chi connectivity index (χ0v) is 12.0. The number of rotatable bonds is 5. The van der Waals surface area contributed by atoms with Crippen molar-refractivity contribution in [3.63, 3.8) is 0 Å². The van der Waals surface area contributed by atoms with Gasteiger partial charge in [0.2, 0.25) is 0 Å². The Balaban J connectivity index is 1.95. The number of hydrogen-bond acceptors (Lipinski definition) is 4. The van der Waals surface area contributed by atoms with Gasteiger partial charge in [0.15, 0.2) is 0 Å². The van der Waals surface area contributed by atoms with E-state index in [0.717, 1.165) is 25.7 Å². The number of aliphatic hydroxyl groups excluding tert-OH is 1. The lowest BCUT2D eigenvalue weighted by molar-refractivity contribution is -0.385. The van der Waals surface area contributed by atoms with Crippen LogP contribution in [0.1, 0.15) is 31.2 Å².